The summed E-state index contributed by atoms with van der Waals surface area (Å²) in [4.78, 5) is 18.1. The van der Waals surface area contributed by atoms with Crippen molar-refractivity contribution in [2.24, 2.45) is 10.9 Å². The van der Waals surface area contributed by atoms with E-state index in [-0.39, 0.29) is 11.9 Å². The van der Waals surface area contributed by atoms with Crippen LogP contribution in [-0.2, 0) is 16.1 Å². The minimum Gasteiger partial charge on any atom is -0.469 e. The lowest BCUT2D eigenvalue weighted by Crippen LogP contribution is -2.47. The minimum atomic E-state index is -0.0955. The molecule has 122 valence electrons. The van der Waals surface area contributed by atoms with Gasteiger partial charge in [0.25, 0.3) is 0 Å². The first-order valence-corrected chi connectivity index (χ1v) is 7.75. The minimum absolute atomic E-state index is 0.0270. The number of nitrogens with one attached hydrogen (secondary N) is 1. The molecule has 2 heterocycles. The number of piperidine rings is 1. The maximum atomic E-state index is 11.5. The normalized spacial score (nSPS) is 16.6. The van der Waals surface area contributed by atoms with E-state index in [1.165, 1.54) is 7.11 Å². The van der Waals surface area contributed by atoms with E-state index in [0.29, 0.717) is 0 Å². The molecule has 7 heteroatoms. The summed E-state index contributed by atoms with van der Waals surface area (Å²) in [6.07, 6.45) is 6.38. The molecule has 0 radical (unpaired) electrons. The number of ether oxygens (including phenoxy) is 1. The summed E-state index contributed by atoms with van der Waals surface area (Å²) in [6, 6.07) is 1.93. The monoisotopic (exact) mass is 307 g/mol. The summed E-state index contributed by atoms with van der Waals surface area (Å²) in [5.41, 5.74) is 0. The van der Waals surface area contributed by atoms with Gasteiger partial charge in [0, 0.05) is 45.6 Å². The maximum Gasteiger partial charge on any atom is 0.308 e. The summed E-state index contributed by atoms with van der Waals surface area (Å²) in [5.74, 6) is 0.838. The number of esters is 1. The molecule has 0 aliphatic carbocycles. The van der Waals surface area contributed by atoms with Crippen LogP contribution in [0, 0.1) is 5.92 Å². The molecule has 0 spiro atoms. The van der Waals surface area contributed by atoms with Gasteiger partial charge in [0.05, 0.1) is 13.0 Å². The molecule has 1 saturated heterocycles. The highest BCUT2D eigenvalue weighted by molar-refractivity contribution is 5.80. The predicted molar refractivity (Wildman–Crippen MR) is 84.5 cm³/mol. The summed E-state index contributed by atoms with van der Waals surface area (Å²) in [5, 5.41) is 7.56. The van der Waals surface area contributed by atoms with Crippen LogP contribution >= 0.6 is 0 Å². The van der Waals surface area contributed by atoms with Gasteiger partial charge in [-0.1, -0.05) is 0 Å². The van der Waals surface area contributed by atoms with Crippen molar-refractivity contribution in [2.45, 2.75) is 25.8 Å². The summed E-state index contributed by atoms with van der Waals surface area (Å²) in [7, 11) is 3.25. The fourth-order valence-electron chi connectivity index (χ4n) is 2.70. The molecule has 0 atom stereocenters. The van der Waals surface area contributed by atoms with Crippen LogP contribution in [0.15, 0.2) is 23.5 Å². The third kappa shape index (κ3) is 4.47. The molecular formula is C15H25N5O2. The van der Waals surface area contributed by atoms with Crippen LogP contribution in [0.4, 0.5) is 0 Å². The Hall–Kier alpha value is -2.05. The van der Waals surface area contributed by atoms with E-state index in [2.05, 4.69) is 20.3 Å². The lowest BCUT2D eigenvalue weighted by Gasteiger charge is -2.33. The van der Waals surface area contributed by atoms with Gasteiger partial charge in [0.15, 0.2) is 5.96 Å². The number of likely N-dealkylation sites (tertiary alicyclic amines) is 1. The summed E-state index contributed by atoms with van der Waals surface area (Å²) < 4.78 is 6.74. The smallest absolute Gasteiger partial charge is 0.308 e. The Kier molecular flexibility index (Phi) is 6.24. The van der Waals surface area contributed by atoms with Crippen molar-refractivity contribution >= 4 is 11.9 Å². The van der Waals surface area contributed by atoms with Crippen LogP contribution in [0.25, 0.3) is 0 Å². The van der Waals surface area contributed by atoms with Crippen LogP contribution in [-0.4, -0.2) is 60.4 Å². The lowest BCUT2D eigenvalue weighted by atomic mass is 9.97. The molecule has 1 aliphatic rings. The van der Waals surface area contributed by atoms with Gasteiger partial charge in [0.1, 0.15) is 0 Å². The first-order valence-electron chi connectivity index (χ1n) is 7.75. The SMILES string of the molecule is CN=C(NCCCn1cccn1)N1CCC(C(=O)OC)CC1. The average Bonchev–Trinajstić information content (AvgIpc) is 3.08. The van der Waals surface area contributed by atoms with E-state index in [4.69, 9.17) is 4.74 Å². The van der Waals surface area contributed by atoms with E-state index in [1.807, 2.05) is 16.9 Å². The van der Waals surface area contributed by atoms with E-state index in [0.717, 1.165) is 51.4 Å². The third-order valence-electron chi connectivity index (χ3n) is 3.95. The molecule has 1 N–H and O–H groups in total. The topological polar surface area (TPSA) is 71.8 Å². The van der Waals surface area contributed by atoms with Crippen molar-refractivity contribution in [3.8, 4) is 0 Å². The second kappa shape index (κ2) is 8.41. The van der Waals surface area contributed by atoms with E-state index < -0.39 is 0 Å². The highest BCUT2D eigenvalue weighted by Crippen LogP contribution is 2.18. The highest BCUT2D eigenvalue weighted by atomic mass is 16.5. The molecule has 0 unspecified atom stereocenters. The van der Waals surface area contributed by atoms with Crippen molar-refractivity contribution in [1.82, 2.24) is 20.0 Å². The van der Waals surface area contributed by atoms with Crippen LogP contribution in [0.1, 0.15) is 19.3 Å². The lowest BCUT2D eigenvalue weighted by molar-refractivity contribution is -0.146. The van der Waals surface area contributed by atoms with E-state index in [1.54, 1.807) is 13.2 Å². The maximum absolute atomic E-state index is 11.5. The predicted octanol–water partition coefficient (Wildman–Crippen LogP) is 0.734. The number of aromatic nitrogens is 2. The molecule has 0 aromatic carbocycles. The van der Waals surface area contributed by atoms with Crippen molar-refractivity contribution in [3.63, 3.8) is 0 Å². The van der Waals surface area contributed by atoms with Gasteiger partial charge in [-0.05, 0) is 25.3 Å². The fraction of sp³-hybridized carbons (Fsp3) is 0.667. The first kappa shape index (κ1) is 16.3. The van der Waals surface area contributed by atoms with Gasteiger partial charge in [-0.2, -0.15) is 5.10 Å². The van der Waals surface area contributed by atoms with E-state index in [9.17, 15) is 4.79 Å². The first-order chi connectivity index (χ1) is 10.7. The third-order valence-corrected chi connectivity index (χ3v) is 3.95. The molecular weight excluding hydrogens is 282 g/mol. The van der Waals surface area contributed by atoms with Crippen molar-refractivity contribution in [3.05, 3.63) is 18.5 Å². The largest absolute Gasteiger partial charge is 0.469 e. The zero-order valence-electron chi connectivity index (χ0n) is 13.4. The van der Waals surface area contributed by atoms with Crippen molar-refractivity contribution in [1.29, 1.82) is 0 Å². The van der Waals surface area contributed by atoms with Gasteiger partial charge in [-0.3, -0.25) is 14.5 Å². The molecule has 1 aromatic rings. The zero-order chi connectivity index (χ0) is 15.8. The number of aliphatic imine (C=N–C) groups is 1. The van der Waals surface area contributed by atoms with Crippen LogP contribution in [0.3, 0.4) is 0 Å². The molecule has 1 fully saturated rings. The number of carbonyl (C=O) groups is 1. The molecule has 0 amide bonds. The van der Waals surface area contributed by atoms with E-state index >= 15 is 0 Å². The number of guanidine groups is 1. The molecule has 0 saturated carbocycles. The number of rotatable bonds is 5. The number of carbonyl (C=O) groups excluding carboxylic acids is 1. The Morgan fingerprint density at radius 3 is 2.82 bits per heavy atom. The Morgan fingerprint density at radius 2 is 2.23 bits per heavy atom. The number of hydrogen-bond donors (Lipinski definition) is 1. The second-order valence-corrected chi connectivity index (χ2v) is 5.38. The fourth-order valence-corrected chi connectivity index (χ4v) is 2.70. The van der Waals surface area contributed by atoms with Gasteiger partial charge in [-0.15, -0.1) is 0 Å². The van der Waals surface area contributed by atoms with Crippen LogP contribution in [0.2, 0.25) is 0 Å². The van der Waals surface area contributed by atoms with Gasteiger partial charge in [0.2, 0.25) is 0 Å². The number of hydrogen-bond acceptors (Lipinski definition) is 4. The molecule has 22 heavy (non-hydrogen) atoms. The Bertz CT molecular complexity index is 478. The molecule has 0 bridgehead atoms. The summed E-state index contributed by atoms with van der Waals surface area (Å²) >= 11 is 0. The summed E-state index contributed by atoms with van der Waals surface area (Å²) in [6.45, 7) is 3.40. The van der Waals surface area contributed by atoms with Crippen molar-refractivity contribution < 1.29 is 9.53 Å². The highest BCUT2D eigenvalue weighted by Gasteiger charge is 2.26. The average molecular weight is 307 g/mol. The van der Waals surface area contributed by atoms with Crippen LogP contribution in [0.5, 0.6) is 0 Å². The number of nitrogens with zero attached hydrogens (tertiary/aromatic N) is 4. The standard InChI is InChI=1S/C15H25N5O2/c1-16-15(17-7-3-9-20-10-4-8-18-20)19-11-5-13(6-12-19)14(21)22-2/h4,8,10,13H,3,5-7,9,11-12H2,1-2H3,(H,16,17). The quantitative estimate of drug-likeness (QED) is 0.376. The Balaban J connectivity index is 1.70. The number of methoxy groups -OCH3 is 1. The molecule has 2 rings (SSSR count). The molecule has 7 nitrogen and oxygen atoms in total. The van der Waals surface area contributed by atoms with Crippen molar-refractivity contribution in [2.75, 3.05) is 33.8 Å². The Labute approximate surface area is 131 Å². The Morgan fingerprint density at radius 1 is 1.45 bits per heavy atom. The van der Waals surface area contributed by atoms with Gasteiger partial charge in [-0.25, -0.2) is 0 Å². The van der Waals surface area contributed by atoms with Crippen LogP contribution < -0.4 is 5.32 Å². The number of aryl methyl sites for hydroxylation is 1. The second-order valence-electron chi connectivity index (χ2n) is 5.38. The molecule has 1 aromatic heterocycles. The zero-order valence-corrected chi connectivity index (χ0v) is 13.4. The van der Waals surface area contributed by atoms with Gasteiger partial charge < -0.3 is 15.0 Å². The van der Waals surface area contributed by atoms with Gasteiger partial charge >= 0.3 is 5.97 Å². The molecule has 1 aliphatic heterocycles.